The van der Waals surface area contributed by atoms with Crippen LogP contribution in [0.5, 0.6) is 0 Å². The highest BCUT2D eigenvalue weighted by molar-refractivity contribution is 7.99. The summed E-state index contributed by atoms with van der Waals surface area (Å²) in [6.45, 7) is 1.91. The van der Waals surface area contributed by atoms with Crippen LogP contribution in [0.25, 0.3) is 0 Å². The molecule has 1 heterocycles. The van der Waals surface area contributed by atoms with Crippen LogP contribution in [0.2, 0.25) is 5.02 Å². The van der Waals surface area contributed by atoms with Gasteiger partial charge in [0.05, 0.1) is 11.3 Å². The standard InChI is InChI=1S/C24H22ClNO3S2/c1-15-6-11-18-19(14-30-22(18)12-15)24(28)29-13-23(27)26-20-4-2-3-5-21(20)31-17-9-7-16(25)8-10-17/h2-5,7-10,14-15H,6,11-13H2,1H3,(H,26,27). The van der Waals surface area contributed by atoms with Crippen molar-refractivity contribution in [1.29, 1.82) is 0 Å². The third-order valence-corrected chi connectivity index (χ3v) is 7.55. The Balaban J connectivity index is 1.36. The Bertz CT molecular complexity index is 1090. The van der Waals surface area contributed by atoms with Gasteiger partial charge in [0.2, 0.25) is 0 Å². The molecule has 31 heavy (non-hydrogen) atoms. The number of carbonyl (C=O) groups excluding carboxylic acids is 2. The van der Waals surface area contributed by atoms with Crippen molar-refractivity contribution in [1.82, 2.24) is 0 Å². The fourth-order valence-corrected chi connectivity index (χ4v) is 5.79. The van der Waals surface area contributed by atoms with Crippen molar-refractivity contribution in [2.45, 2.75) is 36.0 Å². The van der Waals surface area contributed by atoms with Crippen LogP contribution >= 0.6 is 34.7 Å². The van der Waals surface area contributed by atoms with E-state index in [1.165, 1.54) is 16.6 Å². The molecule has 0 spiro atoms. The summed E-state index contributed by atoms with van der Waals surface area (Å²) in [6.07, 6.45) is 2.98. The van der Waals surface area contributed by atoms with Gasteiger partial charge in [-0.3, -0.25) is 4.79 Å². The molecule has 0 saturated carbocycles. The van der Waals surface area contributed by atoms with Crippen molar-refractivity contribution < 1.29 is 14.3 Å². The zero-order valence-electron chi connectivity index (χ0n) is 17.0. The van der Waals surface area contributed by atoms with E-state index in [1.807, 2.05) is 53.9 Å². The zero-order valence-corrected chi connectivity index (χ0v) is 19.4. The van der Waals surface area contributed by atoms with E-state index in [0.29, 0.717) is 22.2 Å². The van der Waals surface area contributed by atoms with E-state index in [2.05, 4.69) is 12.2 Å². The Hall–Kier alpha value is -2.28. The van der Waals surface area contributed by atoms with Gasteiger partial charge >= 0.3 is 5.97 Å². The van der Waals surface area contributed by atoms with Crippen molar-refractivity contribution >= 4 is 52.3 Å². The molecule has 1 amide bonds. The van der Waals surface area contributed by atoms with Crippen LogP contribution in [0.3, 0.4) is 0 Å². The van der Waals surface area contributed by atoms with Crippen LogP contribution in [-0.4, -0.2) is 18.5 Å². The lowest BCUT2D eigenvalue weighted by atomic mass is 9.88. The molecule has 3 aromatic rings. The smallest absolute Gasteiger partial charge is 0.339 e. The van der Waals surface area contributed by atoms with Gasteiger partial charge in [-0.1, -0.05) is 42.4 Å². The van der Waals surface area contributed by atoms with Crippen molar-refractivity contribution in [3.05, 3.63) is 74.9 Å². The van der Waals surface area contributed by atoms with Gasteiger partial charge in [0.15, 0.2) is 6.61 Å². The third kappa shape index (κ3) is 5.50. The molecular weight excluding hydrogens is 450 g/mol. The van der Waals surface area contributed by atoms with Gasteiger partial charge in [-0.05, 0) is 67.1 Å². The van der Waals surface area contributed by atoms with Gasteiger partial charge in [-0.15, -0.1) is 11.3 Å². The number of nitrogens with one attached hydrogen (secondary N) is 1. The molecule has 1 unspecified atom stereocenters. The van der Waals surface area contributed by atoms with Crippen LogP contribution in [0.1, 0.15) is 34.1 Å². The highest BCUT2D eigenvalue weighted by atomic mass is 35.5. The van der Waals surface area contributed by atoms with E-state index in [0.717, 1.165) is 34.6 Å². The second-order valence-corrected chi connectivity index (χ2v) is 10.1. The molecule has 0 aliphatic heterocycles. The molecule has 1 aliphatic rings. The van der Waals surface area contributed by atoms with Gasteiger partial charge < -0.3 is 10.1 Å². The lowest BCUT2D eigenvalue weighted by molar-refractivity contribution is -0.119. The van der Waals surface area contributed by atoms with Gasteiger partial charge in [0.1, 0.15) is 0 Å². The number of carbonyl (C=O) groups is 2. The second kappa shape index (κ2) is 9.90. The predicted octanol–water partition coefficient (Wildman–Crippen LogP) is 6.47. The van der Waals surface area contributed by atoms with Crippen molar-refractivity contribution in [2.75, 3.05) is 11.9 Å². The maximum Gasteiger partial charge on any atom is 0.339 e. The van der Waals surface area contributed by atoms with E-state index in [1.54, 1.807) is 11.3 Å². The van der Waals surface area contributed by atoms with E-state index in [9.17, 15) is 9.59 Å². The summed E-state index contributed by atoms with van der Waals surface area (Å²) in [5.74, 6) is -0.145. The molecule has 1 atom stereocenters. The summed E-state index contributed by atoms with van der Waals surface area (Å²) >= 11 is 9.09. The van der Waals surface area contributed by atoms with Crippen molar-refractivity contribution in [3.63, 3.8) is 0 Å². The summed E-state index contributed by atoms with van der Waals surface area (Å²) < 4.78 is 5.32. The van der Waals surface area contributed by atoms with E-state index >= 15 is 0 Å². The number of anilines is 1. The Morgan fingerprint density at radius 1 is 1.19 bits per heavy atom. The number of esters is 1. The Kier molecular flexibility index (Phi) is 7.00. The lowest BCUT2D eigenvalue weighted by Crippen LogP contribution is -2.22. The largest absolute Gasteiger partial charge is 0.452 e. The number of rotatable bonds is 6. The van der Waals surface area contributed by atoms with Gasteiger partial charge in [0, 0.05) is 25.1 Å². The van der Waals surface area contributed by atoms with Crippen LogP contribution in [-0.2, 0) is 22.4 Å². The Morgan fingerprint density at radius 3 is 2.77 bits per heavy atom. The van der Waals surface area contributed by atoms with Gasteiger partial charge in [-0.2, -0.15) is 0 Å². The first-order chi connectivity index (χ1) is 15.0. The molecule has 1 aromatic heterocycles. The monoisotopic (exact) mass is 471 g/mol. The first-order valence-electron chi connectivity index (χ1n) is 10.1. The normalized spacial score (nSPS) is 15.2. The summed E-state index contributed by atoms with van der Waals surface area (Å²) in [5, 5.41) is 5.39. The fraction of sp³-hybridized carbons (Fsp3) is 0.250. The number of hydrogen-bond acceptors (Lipinski definition) is 5. The van der Waals surface area contributed by atoms with Crippen LogP contribution < -0.4 is 5.32 Å². The average Bonchev–Trinajstić information content (AvgIpc) is 3.18. The van der Waals surface area contributed by atoms with Crippen LogP contribution in [0, 0.1) is 5.92 Å². The molecular formula is C24H22ClNO3S2. The number of fused-ring (bicyclic) bond motifs is 1. The highest BCUT2D eigenvalue weighted by Gasteiger charge is 2.24. The number of halogens is 1. The number of hydrogen-bond donors (Lipinski definition) is 1. The van der Waals surface area contributed by atoms with E-state index in [4.69, 9.17) is 16.3 Å². The molecule has 7 heteroatoms. The number of benzene rings is 2. The molecule has 4 rings (SSSR count). The highest BCUT2D eigenvalue weighted by Crippen LogP contribution is 2.34. The van der Waals surface area contributed by atoms with Crippen LogP contribution in [0.15, 0.2) is 63.7 Å². The number of thiophene rings is 1. The first kappa shape index (κ1) is 21.9. The summed E-state index contributed by atoms with van der Waals surface area (Å²) in [5.41, 5.74) is 2.38. The number of para-hydroxylation sites is 1. The van der Waals surface area contributed by atoms with E-state index < -0.39 is 5.97 Å². The summed E-state index contributed by atoms with van der Waals surface area (Å²) in [7, 11) is 0. The molecule has 1 N–H and O–H groups in total. The average molecular weight is 472 g/mol. The first-order valence-corrected chi connectivity index (χ1v) is 12.2. The second-order valence-electron chi connectivity index (χ2n) is 7.58. The molecule has 1 aliphatic carbocycles. The maximum atomic E-state index is 12.5. The minimum atomic E-state index is -0.425. The van der Waals surface area contributed by atoms with Gasteiger partial charge in [-0.25, -0.2) is 4.79 Å². The molecule has 160 valence electrons. The van der Waals surface area contributed by atoms with Crippen molar-refractivity contribution in [3.8, 4) is 0 Å². The van der Waals surface area contributed by atoms with Crippen molar-refractivity contribution in [2.24, 2.45) is 5.92 Å². The minimum absolute atomic E-state index is 0.320. The fourth-order valence-electron chi connectivity index (χ4n) is 3.53. The Morgan fingerprint density at radius 2 is 1.97 bits per heavy atom. The number of ether oxygens (including phenoxy) is 1. The summed E-state index contributed by atoms with van der Waals surface area (Å²) in [6, 6.07) is 15.0. The maximum absolute atomic E-state index is 12.5. The minimum Gasteiger partial charge on any atom is -0.452 e. The Labute approximate surface area is 195 Å². The predicted molar refractivity (Wildman–Crippen MR) is 126 cm³/mol. The SMILES string of the molecule is CC1CCc2c(C(=O)OCC(=O)Nc3ccccc3Sc3ccc(Cl)cc3)csc2C1. The lowest BCUT2D eigenvalue weighted by Gasteiger charge is -2.18. The number of amides is 1. The molecule has 0 radical (unpaired) electrons. The van der Waals surface area contributed by atoms with E-state index in [-0.39, 0.29) is 12.5 Å². The molecule has 0 bridgehead atoms. The molecule has 4 nitrogen and oxygen atoms in total. The third-order valence-electron chi connectivity index (χ3n) is 5.16. The molecule has 0 fully saturated rings. The topological polar surface area (TPSA) is 55.4 Å². The van der Waals surface area contributed by atoms with Crippen LogP contribution in [0.4, 0.5) is 5.69 Å². The quantitative estimate of drug-likeness (QED) is 0.418. The molecule has 2 aromatic carbocycles. The summed E-state index contributed by atoms with van der Waals surface area (Å²) in [4.78, 5) is 28.2. The van der Waals surface area contributed by atoms with Gasteiger partial charge in [0.25, 0.3) is 5.91 Å². The zero-order chi connectivity index (χ0) is 21.8. The molecule has 0 saturated heterocycles.